The second-order valence-electron chi connectivity index (χ2n) is 7.28. The molecule has 0 N–H and O–H groups in total. The third kappa shape index (κ3) is 2.79. The second-order valence-corrected chi connectivity index (χ2v) is 7.28. The molecule has 0 unspecified atom stereocenters. The molecule has 0 saturated carbocycles. The normalized spacial score (nSPS) is 11.4. The van der Waals surface area contributed by atoms with Gasteiger partial charge in [-0.2, -0.15) is 4.98 Å². The van der Waals surface area contributed by atoms with Crippen molar-refractivity contribution in [3.05, 3.63) is 57.0 Å². The molecule has 4 aromatic rings. The Hall–Kier alpha value is -3.82. The zero-order chi connectivity index (χ0) is 21.7. The molecular weight excluding hydrogens is 388 g/mol. The minimum atomic E-state index is -0.677. The van der Waals surface area contributed by atoms with Gasteiger partial charge in [0.05, 0.1) is 7.11 Å². The van der Waals surface area contributed by atoms with Gasteiger partial charge in [-0.1, -0.05) is 0 Å². The minimum absolute atomic E-state index is 0.225. The average Bonchev–Trinajstić information content (AvgIpc) is 3.24. The van der Waals surface area contributed by atoms with Gasteiger partial charge in [-0.05, 0) is 31.2 Å². The first kappa shape index (κ1) is 19.5. The molecule has 156 valence electrons. The summed E-state index contributed by atoms with van der Waals surface area (Å²) in [4.78, 5) is 44.0. The van der Waals surface area contributed by atoms with Crippen molar-refractivity contribution < 1.29 is 9.53 Å². The topological polar surface area (TPSA) is 95.8 Å². The van der Waals surface area contributed by atoms with E-state index in [-0.39, 0.29) is 11.2 Å². The van der Waals surface area contributed by atoms with Crippen molar-refractivity contribution >= 4 is 28.6 Å². The van der Waals surface area contributed by atoms with Crippen molar-refractivity contribution in [3.63, 3.8) is 0 Å². The Labute approximate surface area is 171 Å². The monoisotopic (exact) mass is 410 g/mol. The summed E-state index contributed by atoms with van der Waals surface area (Å²) in [6, 6.07) is 7.92. The Balaban J connectivity index is 2.01. The van der Waals surface area contributed by atoms with E-state index in [2.05, 4.69) is 9.72 Å². The summed E-state index contributed by atoms with van der Waals surface area (Å²) in [5.41, 5.74) is 2.06. The summed E-state index contributed by atoms with van der Waals surface area (Å²) in [5, 5.41) is 0. The molecule has 4 rings (SSSR count). The number of carbonyl (C=O) groups excluding carboxylic acids is 1. The van der Waals surface area contributed by atoms with Crippen LogP contribution in [-0.4, -0.2) is 50.3 Å². The van der Waals surface area contributed by atoms with Gasteiger partial charge in [0.15, 0.2) is 11.2 Å². The minimum Gasteiger partial charge on any atom is -0.468 e. The number of ether oxygens (including phenoxy) is 1. The molecule has 10 nitrogen and oxygen atoms in total. The van der Waals surface area contributed by atoms with Crippen molar-refractivity contribution in [3.8, 4) is 5.69 Å². The highest BCUT2D eigenvalue weighted by Gasteiger charge is 2.21. The number of nitrogens with zero attached hydrogens (tertiary/aromatic N) is 6. The van der Waals surface area contributed by atoms with E-state index in [9.17, 15) is 14.4 Å². The summed E-state index contributed by atoms with van der Waals surface area (Å²) in [6.07, 6.45) is 1.79. The van der Waals surface area contributed by atoms with Gasteiger partial charge >= 0.3 is 11.7 Å². The third-order valence-corrected chi connectivity index (χ3v) is 5.17. The first-order valence-corrected chi connectivity index (χ1v) is 9.29. The van der Waals surface area contributed by atoms with Gasteiger partial charge < -0.3 is 9.64 Å². The number of fused-ring (bicyclic) bond motifs is 3. The van der Waals surface area contributed by atoms with Gasteiger partial charge in [0.1, 0.15) is 6.54 Å². The van der Waals surface area contributed by atoms with E-state index in [1.54, 1.807) is 10.6 Å². The summed E-state index contributed by atoms with van der Waals surface area (Å²) in [7, 11) is 6.66. The molecule has 10 heteroatoms. The maximum Gasteiger partial charge on any atom is 0.333 e. The van der Waals surface area contributed by atoms with Gasteiger partial charge in [0, 0.05) is 44.4 Å². The number of carbonyl (C=O) groups is 1. The number of aryl methyl sites for hydroxylation is 2. The maximum absolute atomic E-state index is 13.1. The molecule has 0 radical (unpaired) electrons. The van der Waals surface area contributed by atoms with Crippen LogP contribution in [0.3, 0.4) is 0 Å². The molecule has 3 heterocycles. The van der Waals surface area contributed by atoms with Gasteiger partial charge in [0.25, 0.3) is 5.56 Å². The highest BCUT2D eigenvalue weighted by Crippen LogP contribution is 2.22. The lowest BCUT2D eigenvalue weighted by molar-refractivity contribution is -0.141. The fourth-order valence-corrected chi connectivity index (χ4v) is 3.56. The van der Waals surface area contributed by atoms with Crippen LogP contribution in [-0.2, 0) is 23.1 Å². The molecule has 0 spiro atoms. The lowest BCUT2D eigenvalue weighted by Crippen LogP contribution is -2.41. The predicted molar refractivity (Wildman–Crippen MR) is 113 cm³/mol. The molecule has 0 atom stereocenters. The number of hydrogen-bond acceptors (Lipinski definition) is 6. The second kappa shape index (κ2) is 6.90. The molecule has 3 aromatic heterocycles. The molecule has 0 fully saturated rings. The van der Waals surface area contributed by atoms with Gasteiger partial charge in [-0.25, -0.2) is 9.36 Å². The van der Waals surface area contributed by atoms with Crippen molar-refractivity contribution in [1.29, 1.82) is 0 Å². The Morgan fingerprint density at radius 1 is 1.17 bits per heavy atom. The molecular formula is C20H22N6O4. The van der Waals surface area contributed by atoms with E-state index in [0.717, 1.165) is 21.6 Å². The molecule has 30 heavy (non-hydrogen) atoms. The van der Waals surface area contributed by atoms with Crippen molar-refractivity contribution in [1.82, 2.24) is 23.1 Å². The largest absolute Gasteiger partial charge is 0.468 e. The zero-order valence-electron chi connectivity index (χ0n) is 17.4. The number of esters is 1. The first-order chi connectivity index (χ1) is 14.2. The Morgan fingerprint density at radius 2 is 1.83 bits per heavy atom. The fraction of sp³-hybridized carbons (Fsp3) is 0.300. The van der Waals surface area contributed by atoms with E-state index < -0.39 is 23.8 Å². The molecule has 0 amide bonds. The van der Waals surface area contributed by atoms with E-state index in [1.165, 1.54) is 18.7 Å². The lowest BCUT2D eigenvalue weighted by Gasteiger charge is -2.13. The summed E-state index contributed by atoms with van der Waals surface area (Å²) in [6.45, 7) is 1.45. The van der Waals surface area contributed by atoms with Gasteiger partial charge in [-0.15, -0.1) is 0 Å². The van der Waals surface area contributed by atoms with Crippen molar-refractivity contribution in [2.24, 2.45) is 7.05 Å². The quantitative estimate of drug-likeness (QED) is 0.459. The molecule has 1 aromatic carbocycles. The van der Waals surface area contributed by atoms with E-state index in [0.29, 0.717) is 5.78 Å². The molecule has 0 aliphatic rings. The van der Waals surface area contributed by atoms with Crippen LogP contribution in [0.4, 0.5) is 5.69 Å². The number of hydrogen-bond donors (Lipinski definition) is 0. The Morgan fingerprint density at radius 3 is 2.43 bits per heavy atom. The Bertz CT molecular complexity index is 1400. The average molecular weight is 410 g/mol. The maximum atomic E-state index is 13.1. The third-order valence-electron chi connectivity index (χ3n) is 5.17. The number of benzene rings is 1. The van der Waals surface area contributed by atoms with E-state index in [1.807, 2.05) is 54.8 Å². The van der Waals surface area contributed by atoms with Gasteiger partial charge in [-0.3, -0.25) is 23.1 Å². The van der Waals surface area contributed by atoms with Crippen LogP contribution >= 0.6 is 0 Å². The summed E-state index contributed by atoms with van der Waals surface area (Å²) < 4.78 is 10.3. The highest BCUT2D eigenvalue weighted by atomic mass is 16.5. The summed E-state index contributed by atoms with van der Waals surface area (Å²) >= 11 is 0. The number of imidazole rings is 2. The SMILES string of the molecule is COC(=O)Cn1c(=O)c2c(nc3n(-c4ccc(N(C)C)cc4)c(C)cn23)n(C)c1=O. The van der Waals surface area contributed by atoms with Crippen molar-refractivity contribution in [2.45, 2.75) is 13.5 Å². The van der Waals surface area contributed by atoms with E-state index >= 15 is 0 Å². The number of methoxy groups -OCH3 is 1. The van der Waals surface area contributed by atoms with Crippen LogP contribution < -0.4 is 16.1 Å². The highest BCUT2D eigenvalue weighted by molar-refractivity contribution is 5.77. The number of anilines is 1. The van der Waals surface area contributed by atoms with Crippen LogP contribution in [0.15, 0.2) is 40.1 Å². The molecule has 0 bridgehead atoms. The van der Waals surface area contributed by atoms with Crippen molar-refractivity contribution in [2.75, 3.05) is 26.1 Å². The standard InChI is InChI=1S/C20H22N6O4/c1-12-10-24-16-17(23(4)20(29)25(18(16)28)11-15(27)30-5)21-19(24)26(12)14-8-6-13(7-9-14)22(2)3/h6-10H,11H2,1-5H3. The summed E-state index contributed by atoms with van der Waals surface area (Å²) in [5.74, 6) is -0.174. The van der Waals surface area contributed by atoms with Crippen LogP contribution in [0.25, 0.3) is 22.6 Å². The lowest BCUT2D eigenvalue weighted by atomic mass is 10.2. The smallest absolute Gasteiger partial charge is 0.333 e. The molecule has 0 aliphatic carbocycles. The molecule has 0 aliphatic heterocycles. The fourth-order valence-electron chi connectivity index (χ4n) is 3.56. The molecule has 0 saturated heterocycles. The number of rotatable bonds is 4. The van der Waals surface area contributed by atoms with Gasteiger partial charge in [0.2, 0.25) is 5.78 Å². The predicted octanol–water partition coefficient (Wildman–Crippen LogP) is 0.686. The van der Waals surface area contributed by atoms with E-state index in [4.69, 9.17) is 0 Å². The van der Waals surface area contributed by atoms with Crippen LogP contribution in [0.2, 0.25) is 0 Å². The first-order valence-electron chi connectivity index (χ1n) is 9.29. The van der Waals surface area contributed by atoms with Crippen LogP contribution in [0.1, 0.15) is 5.69 Å². The zero-order valence-corrected chi connectivity index (χ0v) is 17.4. The van der Waals surface area contributed by atoms with Crippen LogP contribution in [0.5, 0.6) is 0 Å². The Kier molecular flexibility index (Phi) is 4.49. The number of aromatic nitrogens is 5. The van der Waals surface area contributed by atoms with Crippen LogP contribution in [0, 0.1) is 6.92 Å².